The number of aliphatic imine (C=N–C) groups is 1. The maximum atomic E-state index is 13.4. The Labute approximate surface area is 182 Å². The summed E-state index contributed by atoms with van der Waals surface area (Å²) in [6.45, 7) is 3.48. The molecule has 0 saturated carbocycles. The lowest BCUT2D eigenvalue weighted by atomic mass is 9.89. The standard InChI is InChI=1S/C21H27N5O4S/c1-4-30-13-15-10-18(23-19(11-15)29-3)26-12-17-21(14-26,16-8-6-5-7-9-16)24-20(22)25(2)31(17,27)28/h5-11,17H,4,12-14H2,1-3H3,(H2,22,24). The molecule has 10 heteroatoms. The molecule has 0 amide bonds. The number of sulfonamides is 1. The fraction of sp³-hybridized carbons (Fsp3) is 0.429. The van der Waals surface area contributed by atoms with Crippen molar-refractivity contribution in [1.29, 1.82) is 0 Å². The molecule has 9 nitrogen and oxygen atoms in total. The molecule has 2 aliphatic rings. The molecule has 2 atom stereocenters. The van der Waals surface area contributed by atoms with Crippen LogP contribution in [0.3, 0.4) is 0 Å². The largest absolute Gasteiger partial charge is 0.481 e. The van der Waals surface area contributed by atoms with Gasteiger partial charge in [-0.1, -0.05) is 30.3 Å². The molecule has 1 saturated heterocycles. The summed E-state index contributed by atoms with van der Waals surface area (Å²) in [5.74, 6) is 1.04. The molecular weight excluding hydrogens is 418 g/mol. The van der Waals surface area contributed by atoms with Gasteiger partial charge in [0, 0.05) is 26.3 Å². The third kappa shape index (κ3) is 3.59. The number of rotatable bonds is 6. The summed E-state index contributed by atoms with van der Waals surface area (Å²) in [6, 6.07) is 13.2. The molecule has 2 aliphatic heterocycles. The molecule has 2 N–H and O–H groups in total. The molecule has 31 heavy (non-hydrogen) atoms. The zero-order chi connectivity index (χ0) is 22.2. The summed E-state index contributed by atoms with van der Waals surface area (Å²) >= 11 is 0. The average molecular weight is 446 g/mol. The number of pyridine rings is 1. The highest BCUT2D eigenvalue weighted by Gasteiger charge is 2.58. The van der Waals surface area contributed by atoms with E-state index in [9.17, 15) is 8.42 Å². The van der Waals surface area contributed by atoms with Gasteiger partial charge in [0.05, 0.1) is 20.3 Å². The molecule has 166 valence electrons. The zero-order valence-electron chi connectivity index (χ0n) is 17.9. The summed E-state index contributed by atoms with van der Waals surface area (Å²) in [5.41, 5.74) is 6.74. The molecule has 3 heterocycles. The van der Waals surface area contributed by atoms with Crippen molar-refractivity contribution in [1.82, 2.24) is 9.29 Å². The van der Waals surface area contributed by atoms with Gasteiger partial charge in [0.25, 0.3) is 0 Å². The lowest BCUT2D eigenvalue weighted by molar-refractivity contribution is 0.134. The van der Waals surface area contributed by atoms with Crippen LogP contribution in [0.15, 0.2) is 47.5 Å². The van der Waals surface area contributed by atoms with Gasteiger partial charge in [-0.15, -0.1) is 0 Å². The van der Waals surface area contributed by atoms with Crippen LogP contribution in [0.1, 0.15) is 18.1 Å². The summed E-state index contributed by atoms with van der Waals surface area (Å²) in [7, 11) is -0.732. The summed E-state index contributed by atoms with van der Waals surface area (Å²) in [6.07, 6.45) is 0. The molecule has 0 bridgehead atoms. The topological polar surface area (TPSA) is 110 Å². The van der Waals surface area contributed by atoms with Crippen LogP contribution in [0, 0.1) is 0 Å². The second-order valence-electron chi connectivity index (χ2n) is 7.65. The van der Waals surface area contributed by atoms with Gasteiger partial charge in [0.1, 0.15) is 16.6 Å². The number of fused-ring (bicyclic) bond motifs is 1. The maximum absolute atomic E-state index is 13.4. The van der Waals surface area contributed by atoms with E-state index in [1.807, 2.05) is 54.3 Å². The summed E-state index contributed by atoms with van der Waals surface area (Å²) in [4.78, 5) is 11.2. The first-order chi connectivity index (χ1) is 14.8. The first-order valence-electron chi connectivity index (χ1n) is 10.1. The first kappa shape index (κ1) is 21.4. The fourth-order valence-electron chi connectivity index (χ4n) is 4.21. The van der Waals surface area contributed by atoms with Crippen LogP contribution in [0.5, 0.6) is 5.88 Å². The van der Waals surface area contributed by atoms with Crippen LogP contribution in [0.4, 0.5) is 5.82 Å². The SMILES string of the molecule is CCOCc1cc(OC)nc(N2CC3C(c4ccccc4)(C2)N=C(N)N(C)S3(=O)=O)c1. The van der Waals surface area contributed by atoms with Gasteiger partial charge in [-0.05, 0) is 24.1 Å². The van der Waals surface area contributed by atoms with Crippen molar-refractivity contribution in [2.45, 2.75) is 24.3 Å². The van der Waals surface area contributed by atoms with Gasteiger partial charge in [-0.3, -0.25) is 0 Å². The highest BCUT2D eigenvalue weighted by atomic mass is 32.2. The van der Waals surface area contributed by atoms with Crippen molar-refractivity contribution in [2.24, 2.45) is 10.7 Å². The average Bonchev–Trinajstić information content (AvgIpc) is 3.18. The number of nitrogens with zero attached hydrogens (tertiary/aromatic N) is 4. The van der Waals surface area contributed by atoms with E-state index in [-0.39, 0.29) is 12.5 Å². The van der Waals surface area contributed by atoms with Crippen LogP contribution in [0.2, 0.25) is 0 Å². The van der Waals surface area contributed by atoms with Crippen LogP contribution in [0.25, 0.3) is 0 Å². The third-order valence-corrected chi connectivity index (χ3v) is 8.07. The van der Waals surface area contributed by atoms with Crippen molar-refractivity contribution in [2.75, 3.05) is 38.8 Å². The van der Waals surface area contributed by atoms with E-state index < -0.39 is 20.8 Å². The highest BCUT2D eigenvalue weighted by molar-refractivity contribution is 7.90. The van der Waals surface area contributed by atoms with Crippen molar-refractivity contribution in [3.8, 4) is 5.88 Å². The number of anilines is 1. The van der Waals surface area contributed by atoms with E-state index in [4.69, 9.17) is 20.2 Å². The van der Waals surface area contributed by atoms with Gasteiger partial charge < -0.3 is 20.1 Å². The number of hydrogen-bond acceptors (Lipinski definition) is 8. The predicted molar refractivity (Wildman–Crippen MR) is 119 cm³/mol. The number of nitrogens with two attached hydrogens (primary N) is 1. The normalized spacial score (nSPS) is 24.6. The minimum absolute atomic E-state index is 0.0161. The van der Waals surface area contributed by atoms with E-state index in [0.29, 0.717) is 31.5 Å². The van der Waals surface area contributed by atoms with Gasteiger partial charge in [-0.2, -0.15) is 4.98 Å². The van der Waals surface area contributed by atoms with Crippen LogP contribution < -0.4 is 15.4 Å². The predicted octanol–water partition coefficient (Wildman–Crippen LogP) is 1.30. The van der Waals surface area contributed by atoms with E-state index in [0.717, 1.165) is 15.4 Å². The number of ether oxygens (including phenoxy) is 2. The van der Waals surface area contributed by atoms with E-state index in [1.165, 1.54) is 7.05 Å². The van der Waals surface area contributed by atoms with Crippen LogP contribution >= 0.6 is 0 Å². The Hall–Kier alpha value is -2.85. The van der Waals surface area contributed by atoms with Gasteiger partial charge in [-0.25, -0.2) is 17.7 Å². The number of hydrogen-bond donors (Lipinski definition) is 1. The van der Waals surface area contributed by atoms with Crippen molar-refractivity contribution in [3.63, 3.8) is 0 Å². The van der Waals surface area contributed by atoms with Gasteiger partial charge in [0.2, 0.25) is 21.9 Å². The third-order valence-electron chi connectivity index (χ3n) is 5.86. The number of methoxy groups -OCH3 is 1. The number of aromatic nitrogens is 1. The van der Waals surface area contributed by atoms with Crippen LogP contribution in [-0.2, 0) is 26.9 Å². The monoisotopic (exact) mass is 445 g/mol. The van der Waals surface area contributed by atoms with E-state index in [1.54, 1.807) is 7.11 Å². The Balaban J connectivity index is 1.81. The summed E-state index contributed by atoms with van der Waals surface area (Å²) < 4.78 is 38.7. The first-order valence-corrected chi connectivity index (χ1v) is 11.6. The highest BCUT2D eigenvalue weighted by Crippen LogP contribution is 2.44. The lowest BCUT2D eigenvalue weighted by Gasteiger charge is -2.38. The summed E-state index contributed by atoms with van der Waals surface area (Å²) in [5, 5.41) is -0.803. The molecule has 0 radical (unpaired) electrons. The smallest absolute Gasteiger partial charge is 0.244 e. The quantitative estimate of drug-likeness (QED) is 0.714. The molecule has 4 rings (SSSR count). The minimum atomic E-state index is -3.72. The molecule has 1 aromatic heterocycles. The molecular formula is C21H27N5O4S. The number of guanidine groups is 1. The molecule has 2 aromatic rings. The van der Waals surface area contributed by atoms with Crippen molar-refractivity contribution in [3.05, 3.63) is 53.6 Å². The van der Waals surface area contributed by atoms with E-state index >= 15 is 0 Å². The van der Waals surface area contributed by atoms with Crippen molar-refractivity contribution < 1.29 is 17.9 Å². The molecule has 2 unspecified atom stereocenters. The van der Waals surface area contributed by atoms with Crippen molar-refractivity contribution >= 4 is 21.8 Å². The maximum Gasteiger partial charge on any atom is 0.244 e. The van der Waals surface area contributed by atoms with Gasteiger partial charge >= 0.3 is 0 Å². The molecule has 0 spiro atoms. The zero-order valence-corrected chi connectivity index (χ0v) is 18.7. The van der Waals surface area contributed by atoms with E-state index in [2.05, 4.69) is 4.98 Å². The lowest BCUT2D eigenvalue weighted by Crippen LogP contribution is -2.56. The molecule has 0 aliphatic carbocycles. The molecule has 1 fully saturated rings. The number of benzene rings is 1. The minimum Gasteiger partial charge on any atom is -0.481 e. The Morgan fingerprint density at radius 3 is 2.68 bits per heavy atom. The Morgan fingerprint density at radius 1 is 1.26 bits per heavy atom. The van der Waals surface area contributed by atoms with Gasteiger partial charge in [0.15, 0.2) is 0 Å². The second-order valence-corrected chi connectivity index (χ2v) is 9.80. The second kappa shape index (κ2) is 8.01. The van der Waals surface area contributed by atoms with Crippen LogP contribution in [-0.4, -0.2) is 62.8 Å². The Bertz CT molecular complexity index is 1090. The fourth-order valence-corrected chi connectivity index (χ4v) is 6.02. The Morgan fingerprint density at radius 2 is 2.00 bits per heavy atom. The Kier molecular flexibility index (Phi) is 5.52. The molecule has 1 aromatic carbocycles.